The maximum atomic E-state index is 13.1. The molecule has 0 N–H and O–H groups in total. The maximum absolute atomic E-state index is 13.1. The van der Waals surface area contributed by atoms with Gasteiger partial charge in [-0.1, -0.05) is 18.6 Å². The van der Waals surface area contributed by atoms with Gasteiger partial charge in [0.25, 0.3) is 5.56 Å². The van der Waals surface area contributed by atoms with Crippen LogP contribution in [0.25, 0.3) is 10.2 Å². The van der Waals surface area contributed by atoms with E-state index in [0.717, 1.165) is 31.2 Å². The Bertz CT molecular complexity index is 1190. The largest absolute Gasteiger partial charge is 0.465 e. The summed E-state index contributed by atoms with van der Waals surface area (Å²) in [6.07, 6.45) is 6.55. The summed E-state index contributed by atoms with van der Waals surface area (Å²) >= 11 is 1.20. The van der Waals surface area contributed by atoms with E-state index in [1.54, 1.807) is 25.1 Å². The lowest BCUT2D eigenvalue weighted by atomic mass is 9.98. The van der Waals surface area contributed by atoms with Gasteiger partial charge in [-0.05, 0) is 55.9 Å². The number of aryl methyl sites for hydroxylation is 1. The first-order valence-electron chi connectivity index (χ1n) is 10.3. The average molecular weight is 441 g/mol. The molecule has 0 bridgehead atoms. The molecule has 3 aromatic rings. The number of methoxy groups -OCH3 is 1. The fraction of sp³-hybridized carbons (Fsp3) is 0.391. The van der Waals surface area contributed by atoms with Crippen LogP contribution in [-0.2, 0) is 16.0 Å². The molecule has 8 heteroatoms. The molecule has 0 saturated heterocycles. The van der Waals surface area contributed by atoms with E-state index in [2.05, 4.69) is 4.98 Å². The van der Waals surface area contributed by atoms with Crippen molar-refractivity contribution in [3.05, 3.63) is 62.5 Å². The summed E-state index contributed by atoms with van der Waals surface area (Å²) in [5, 5.41) is 0.437. The molecule has 7 nitrogen and oxygen atoms in total. The van der Waals surface area contributed by atoms with Crippen LogP contribution in [-0.4, -0.2) is 34.7 Å². The molecule has 0 radical (unpaired) electrons. The van der Waals surface area contributed by atoms with Gasteiger partial charge in [0.2, 0.25) is 0 Å². The van der Waals surface area contributed by atoms with E-state index in [1.807, 2.05) is 6.07 Å². The molecule has 0 unspecified atom stereocenters. The van der Waals surface area contributed by atoms with Gasteiger partial charge in [0, 0.05) is 0 Å². The average Bonchev–Trinajstić information content (AvgIpc) is 3.13. The van der Waals surface area contributed by atoms with E-state index in [0.29, 0.717) is 26.2 Å². The molecule has 4 rings (SSSR count). The third-order valence-electron chi connectivity index (χ3n) is 5.63. The van der Waals surface area contributed by atoms with Crippen molar-refractivity contribution in [1.29, 1.82) is 0 Å². The van der Waals surface area contributed by atoms with Gasteiger partial charge in [0.05, 0.1) is 30.9 Å². The topological polar surface area (TPSA) is 87.5 Å². The first-order chi connectivity index (χ1) is 15.0. The van der Waals surface area contributed by atoms with Gasteiger partial charge in [-0.2, -0.15) is 0 Å². The van der Waals surface area contributed by atoms with Crippen molar-refractivity contribution in [2.45, 2.75) is 51.7 Å². The van der Waals surface area contributed by atoms with E-state index < -0.39 is 5.97 Å². The van der Waals surface area contributed by atoms with Crippen molar-refractivity contribution in [1.82, 2.24) is 9.55 Å². The molecule has 2 aromatic heterocycles. The monoisotopic (exact) mass is 440 g/mol. The van der Waals surface area contributed by atoms with Crippen LogP contribution >= 0.6 is 11.3 Å². The highest BCUT2D eigenvalue weighted by molar-refractivity contribution is 7.20. The van der Waals surface area contributed by atoms with Crippen molar-refractivity contribution < 1.29 is 19.1 Å². The standard InChI is InChI=1S/C23H24N2O5S/c1-14-18-20(31-19(14)23(28)30-17-9-4-3-5-10-17)24-13-25(21(18)26)12-15-7-6-8-16(11-15)22(27)29-2/h6-8,11,13,17H,3-5,9-10,12H2,1-2H3. The van der Waals surface area contributed by atoms with Gasteiger partial charge in [-0.25, -0.2) is 14.6 Å². The lowest BCUT2D eigenvalue weighted by molar-refractivity contribution is 0.0216. The Morgan fingerprint density at radius 2 is 1.97 bits per heavy atom. The smallest absolute Gasteiger partial charge is 0.348 e. The van der Waals surface area contributed by atoms with Crippen LogP contribution in [0.15, 0.2) is 35.4 Å². The minimum absolute atomic E-state index is 0.0439. The number of carbonyl (C=O) groups excluding carboxylic acids is 2. The lowest BCUT2D eigenvalue weighted by Crippen LogP contribution is -2.22. The van der Waals surface area contributed by atoms with E-state index in [9.17, 15) is 14.4 Å². The van der Waals surface area contributed by atoms with E-state index >= 15 is 0 Å². The summed E-state index contributed by atoms with van der Waals surface area (Å²) in [6.45, 7) is 2.02. The Morgan fingerprint density at radius 3 is 2.71 bits per heavy atom. The van der Waals surface area contributed by atoms with Crippen LogP contribution in [0.5, 0.6) is 0 Å². The van der Waals surface area contributed by atoms with Crippen LogP contribution in [0, 0.1) is 6.92 Å². The summed E-state index contributed by atoms with van der Waals surface area (Å²) in [5.74, 6) is -0.804. The molecule has 1 aliphatic carbocycles. The Labute approximate surface area is 183 Å². The predicted octanol–water partition coefficient (Wildman–Crippen LogP) is 4.09. The van der Waals surface area contributed by atoms with Crippen molar-refractivity contribution >= 4 is 33.5 Å². The number of ether oxygens (including phenoxy) is 2. The molecule has 0 atom stereocenters. The number of fused-ring (bicyclic) bond motifs is 1. The van der Waals surface area contributed by atoms with E-state index in [1.165, 1.54) is 35.8 Å². The number of esters is 2. The van der Waals surface area contributed by atoms with Crippen LogP contribution in [0.1, 0.15) is 63.3 Å². The number of hydrogen-bond acceptors (Lipinski definition) is 7. The number of aromatic nitrogens is 2. The first kappa shape index (κ1) is 21.2. The molecular weight excluding hydrogens is 416 g/mol. The summed E-state index contributed by atoms with van der Waals surface area (Å²) in [4.78, 5) is 43.0. The zero-order valence-electron chi connectivity index (χ0n) is 17.6. The third-order valence-corrected chi connectivity index (χ3v) is 6.81. The zero-order valence-corrected chi connectivity index (χ0v) is 18.4. The molecular formula is C23H24N2O5S. The number of nitrogens with zero attached hydrogens (tertiary/aromatic N) is 2. The van der Waals surface area contributed by atoms with Gasteiger partial charge in [-0.3, -0.25) is 9.36 Å². The van der Waals surface area contributed by atoms with Gasteiger partial charge >= 0.3 is 11.9 Å². The highest BCUT2D eigenvalue weighted by atomic mass is 32.1. The highest BCUT2D eigenvalue weighted by Gasteiger charge is 2.24. The van der Waals surface area contributed by atoms with Gasteiger partial charge < -0.3 is 9.47 Å². The van der Waals surface area contributed by atoms with Crippen LogP contribution in [0.2, 0.25) is 0 Å². The second kappa shape index (κ2) is 9.01. The number of rotatable bonds is 5. The molecule has 0 aliphatic heterocycles. The minimum Gasteiger partial charge on any atom is -0.465 e. The first-order valence-corrected chi connectivity index (χ1v) is 11.2. The number of thiophene rings is 1. The molecule has 0 spiro atoms. The number of hydrogen-bond donors (Lipinski definition) is 0. The van der Waals surface area contributed by atoms with Crippen LogP contribution in [0.4, 0.5) is 0 Å². The van der Waals surface area contributed by atoms with Crippen LogP contribution in [0.3, 0.4) is 0 Å². The quantitative estimate of drug-likeness (QED) is 0.556. The fourth-order valence-corrected chi connectivity index (χ4v) is 4.99. The van der Waals surface area contributed by atoms with Crippen LogP contribution < -0.4 is 5.56 Å². The molecule has 31 heavy (non-hydrogen) atoms. The Hall–Kier alpha value is -3.00. The van der Waals surface area contributed by atoms with Gasteiger partial charge in [-0.15, -0.1) is 11.3 Å². The number of carbonyl (C=O) groups is 2. The second-order valence-electron chi connectivity index (χ2n) is 7.77. The van der Waals surface area contributed by atoms with E-state index in [4.69, 9.17) is 9.47 Å². The van der Waals surface area contributed by atoms with E-state index in [-0.39, 0.29) is 24.2 Å². The SMILES string of the molecule is COC(=O)c1cccc(Cn2cnc3sc(C(=O)OC4CCCCC4)c(C)c3c2=O)c1. The number of benzene rings is 1. The molecule has 0 amide bonds. The summed E-state index contributed by atoms with van der Waals surface area (Å²) in [7, 11) is 1.33. The summed E-state index contributed by atoms with van der Waals surface area (Å²) < 4.78 is 11.9. The molecule has 1 aromatic carbocycles. The predicted molar refractivity (Wildman–Crippen MR) is 118 cm³/mol. The maximum Gasteiger partial charge on any atom is 0.348 e. The zero-order chi connectivity index (χ0) is 22.0. The third kappa shape index (κ3) is 4.39. The highest BCUT2D eigenvalue weighted by Crippen LogP contribution is 2.29. The second-order valence-corrected chi connectivity index (χ2v) is 8.77. The van der Waals surface area contributed by atoms with Crippen molar-refractivity contribution in [3.8, 4) is 0 Å². The summed E-state index contributed by atoms with van der Waals surface area (Å²) in [5.41, 5.74) is 1.58. The van der Waals surface area contributed by atoms with Crippen molar-refractivity contribution in [2.75, 3.05) is 7.11 Å². The normalized spacial score (nSPS) is 14.5. The lowest BCUT2D eigenvalue weighted by Gasteiger charge is -2.21. The Kier molecular flexibility index (Phi) is 6.18. The molecule has 162 valence electrons. The summed E-state index contributed by atoms with van der Waals surface area (Å²) in [6, 6.07) is 6.92. The molecule has 1 saturated carbocycles. The van der Waals surface area contributed by atoms with Gasteiger partial charge in [0.15, 0.2) is 0 Å². The van der Waals surface area contributed by atoms with Crippen molar-refractivity contribution in [2.24, 2.45) is 0 Å². The molecule has 2 heterocycles. The Balaban J connectivity index is 1.62. The molecule has 1 aliphatic rings. The van der Waals surface area contributed by atoms with Crippen molar-refractivity contribution in [3.63, 3.8) is 0 Å². The minimum atomic E-state index is -0.433. The fourth-order valence-electron chi connectivity index (χ4n) is 3.97. The Morgan fingerprint density at radius 1 is 1.19 bits per heavy atom. The molecule has 1 fully saturated rings. The van der Waals surface area contributed by atoms with Gasteiger partial charge in [0.1, 0.15) is 15.8 Å².